The van der Waals surface area contributed by atoms with Gasteiger partial charge in [0.05, 0.1) is 6.42 Å². The molecule has 0 aromatic heterocycles. The van der Waals surface area contributed by atoms with Crippen molar-refractivity contribution in [2.45, 2.75) is 19.3 Å². The third-order valence-corrected chi connectivity index (χ3v) is 1.25. The van der Waals surface area contributed by atoms with Gasteiger partial charge in [-0.1, -0.05) is 12.2 Å². The number of carbonyl (C=O) groups excluding carboxylic acids is 2. The fourth-order valence-corrected chi connectivity index (χ4v) is 0.794. The van der Waals surface area contributed by atoms with Gasteiger partial charge in [0.25, 0.3) is 0 Å². The van der Waals surface area contributed by atoms with Gasteiger partial charge in [0.2, 0.25) is 0 Å². The number of Topliss-reactive ketones (excluding diaryl/α,β-unsaturated/α-hetero) is 2. The standard InChI is InChI=1S/C7H8O2/c8-6-3-1-2-4-7(9)5-6/h1-2H,3-5H2. The van der Waals surface area contributed by atoms with Crippen LogP contribution in [-0.2, 0) is 9.59 Å². The first kappa shape index (κ1) is 6.20. The molecule has 0 atom stereocenters. The van der Waals surface area contributed by atoms with E-state index >= 15 is 0 Å². The van der Waals surface area contributed by atoms with Crippen LogP contribution in [0, 0.1) is 0 Å². The van der Waals surface area contributed by atoms with Gasteiger partial charge < -0.3 is 0 Å². The Kier molecular flexibility index (Phi) is 1.78. The minimum atomic E-state index is 0.0359. The van der Waals surface area contributed by atoms with E-state index in [0.717, 1.165) is 0 Å². The maximum absolute atomic E-state index is 10.6. The molecule has 0 N–H and O–H groups in total. The van der Waals surface area contributed by atoms with Crippen LogP contribution in [0.3, 0.4) is 0 Å². The van der Waals surface area contributed by atoms with Gasteiger partial charge >= 0.3 is 0 Å². The molecular formula is C7H8O2. The fraction of sp³-hybridized carbons (Fsp3) is 0.429. The Morgan fingerprint density at radius 1 is 1.00 bits per heavy atom. The highest BCUT2D eigenvalue weighted by Crippen LogP contribution is 2.02. The highest BCUT2D eigenvalue weighted by atomic mass is 16.1. The zero-order chi connectivity index (χ0) is 6.69. The smallest absolute Gasteiger partial charge is 0.144 e. The lowest BCUT2D eigenvalue weighted by molar-refractivity contribution is -0.125. The van der Waals surface area contributed by atoms with Crippen molar-refractivity contribution >= 4 is 11.6 Å². The first-order valence-electron chi connectivity index (χ1n) is 2.97. The number of rotatable bonds is 0. The summed E-state index contributed by atoms with van der Waals surface area (Å²) >= 11 is 0. The highest BCUT2D eigenvalue weighted by molar-refractivity contribution is 6.01. The minimum absolute atomic E-state index is 0.0359. The van der Waals surface area contributed by atoms with Gasteiger partial charge in [-0.15, -0.1) is 0 Å². The van der Waals surface area contributed by atoms with Crippen LogP contribution in [0.25, 0.3) is 0 Å². The van der Waals surface area contributed by atoms with Gasteiger partial charge in [-0.3, -0.25) is 9.59 Å². The Morgan fingerprint density at radius 2 is 1.44 bits per heavy atom. The Labute approximate surface area is 53.6 Å². The zero-order valence-corrected chi connectivity index (χ0v) is 5.09. The molecule has 0 heterocycles. The van der Waals surface area contributed by atoms with Crippen LogP contribution in [0.5, 0.6) is 0 Å². The first-order chi connectivity index (χ1) is 4.29. The van der Waals surface area contributed by atoms with E-state index < -0.39 is 0 Å². The minimum Gasteiger partial charge on any atom is -0.299 e. The molecule has 0 saturated heterocycles. The SMILES string of the molecule is O=C1CC=CCC(=O)C1. The molecular weight excluding hydrogens is 116 g/mol. The van der Waals surface area contributed by atoms with Crippen molar-refractivity contribution in [3.05, 3.63) is 12.2 Å². The second kappa shape index (κ2) is 2.58. The van der Waals surface area contributed by atoms with Gasteiger partial charge in [-0.25, -0.2) is 0 Å². The maximum Gasteiger partial charge on any atom is 0.144 e. The van der Waals surface area contributed by atoms with Gasteiger partial charge in [0.1, 0.15) is 11.6 Å². The van der Waals surface area contributed by atoms with Crippen molar-refractivity contribution in [3.8, 4) is 0 Å². The molecule has 0 spiro atoms. The van der Waals surface area contributed by atoms with Crippen LogP contribution in [0.2, 0.25) is 0 Å². The molecule has 0 fully saturated rings. The number of allylic oxidation sites excluding steroid dienone is 2. The summed E-state index contributed by atoms with van der Waals surface area (Å²) in [5.74, 6) is 0.0718. The van der Waals surface area contributed by atoms with E-state index in [1.165, 1.54) is 0 Å². The predicted octanol–water partition coefficient (Wildman–Crippen LogP) is 0.865. The lowest BCUT2D eigenvalue weighted by Gasteiger charge is -1.87. The van der Waals surface area contributed by atoms with Crippen LogP contribution in [0.1, 0.15) is 19.3 Å². The van der Waals surface area contributed by atoms with Crippen molar-refractivity contribution < 1.29 is 9.59 Å². The van der Waals surface area contributed by atoms with Crippen LogP contribution >= 0.6 is 0 Å². The summed E-state index contributed by atoms with van der Waals surface area (Å²) in [5.41, 5.74) is 0. The van der Waals surface area contributed by atoms with E-state index in [-0.39, 0.29) is 18.0 Å². The maximum atomic E-state index is 10.6. The Morgan fingerprint density at radius 3 is 1.89 bits per heavy atom. The molecule has 0 bridgehead atoms. The lowest BCUT2D eigenvalue weighted by atomic mass is 10.2. The van der Waals surface area contributed by atoms with Crippen molar-refractivity contribution in [1.29, 1.82) is 0 Å². The van der Waals surface area contributed by atoms with Crippen molar-refractivity contribution in [3.63, 3.8) is 0 Å². The molecule has 9 heavy (non-hydrogen) atoms. The molecule has 0 radical (unpaired) electrons. The van der Waals surface area contributed by atoms with Gasteiger partial charge in [-0.05, 0) is 0 Å². The van der Waals surface area contributed by atoms with E-state index in [2.05, 4.69) is 0 Å². The summed E-state index contributed by atoms with van der Waals surface area (Å²) in [6.07, 6.45) is 4.52. The van der Waals surface area contributed by atoms with Crippen molar-refractivity contribution in [1.82, 2.24) is 0 Å². The third-order valence-electron chi connectivity index (χ3n) is 1.25. The van der Waals surface area contributed by atoms with Gasteiger partial charge in [-0.2, -0.15) is 0 Å². The van der Waals surface area contributed by atoms with E-state index in [1.54, 1.807) is 12.2 Å². The van der Waals surface area contributed by atoms with Crippen LogP contribution in [-0.4, -0.2) is 11.6 Å². The molecule has 0 aromatic rings. The molecule has 1 aliphatic rings. The number of hydrogen-bond donors (Lipinski definition) is 0. The Bertz CT molecular complexity index is 150. The summed E-state index contributed by atoms with van der Waals surface area (Å²) in [7, 11) is 0. The number of hydrogen-bond acceptors (Lipinski definition) is 2. The second-order valence-corrected chi connectivity index (χ2v) is 2.13. The Balaban J connectivity index is 2.60. The largest absolute Gasteiger partial charge is 0.299 e. The first-order valence-corrected chi connectivity index (χ1v) is 2.97. The fourth-order valence-electron chi connectivity index (χ4n) is 0.794. The molecule has 1 aliphatic carbocycles. The summed E-state index contributed by atoms with van der Waals surface area (Å²) in [6.45, 7) is 0. The molecule has 48 valence electrons. The van der Waals surface area contributed by atoms with E-state index in [4.69, 9.17) is 0 Å². The van der Waals surface area contributed by atoms with E-state index in [1.807, 2.05) is 0 Å². The van der Waals surface area contributed by atoms with E-state index in [9.17, 15) is 9.59 Å². The van der Waals surface area contributed by atoms with E-state index in [0.29, 0.717) is 12.8 Å². The third kappa shape index (κ3) is 1.80. The average molecular weight is 124 g/mol. The molecule has 0 aliphatic heterocycles. The summed E-state index contributed by atoms with van der Waals surface area (Å²) in [4.78, 5) is 21.2. The second-order valence-electron chi connectivity index (χ2n) is 2.13. The van der Waals surface area contributed by atoms with Gasteiger partial charge in [0, 0.05) is 12.8 Å². The molecule has 0 aromatic carbocycles. The summed E-state index contributed by atoms with van der Waals surface area (Å²) in [6, 6.07) is 0. The number of ketones is 2. The highest BCUT2D eigenvalue weighted by Gasteiger charge is 2.08. The molecule has 0 amide bonds. The van der Waals surface area contributed by atoms with Gasteiger partial charge in [0.15, 0.2) is 0 Å². The van der Waals surface area contributed by atoms with Crippen molar-refractivity contribution in [2.24, 2.45) is 0 Å². The molecule has 0 saturated carbocycles. The lowest BCUT2D eigenvalue weighted by Crippen LogP contribution is -2.02. The number of carbonyl (C=O) groups is 2. The topological polar surface area (TPSA) is 34.1 Å². The molecule has 1 rings (SSSR count). The van der Waals surface area contributed by atoms with Crippen LogP contribution < -0.4 is 0 Å². The molecule has 0 unspecified atom stereocenters. The predicted molar refractivity (Wildman–Crippen MR) is 33.0 cm³/mol. The zero-order valence-electron chi connectivity index (χ0n) is 5.09. The molecule has 2 nitrogen and oxygen atoms in total. The monoisotopic (exact) mass is 124 g/mol. The Hall–Kier alpha value is -0.920. The van der Waals surface area contributed by atoms with Crippen LogP contribution in [0.4, 0.5) is 0 Å². The molecule has 2 heteroatoms. The van der Waals surface area contributed by atoms with Crippen molar-refractivity contribution in [2.75, 3.05) is 0 Å². The average Bonchev–Trinajstić information content (AvgIpc) is 1.93. The summed E-state index contributed by atoms with van der Waals surface area (Å²) in [5, 5.41) is 0. The van der Waals surface area contributed by atoms with Crippen LogP contribution in [0.15, 0.2) is 12.2 Å². The summed E-state index contributed by atoms with van der Waals surface area (Å²) < 4.78 is 0. The normalized spacial score (nSPS) is 20.0. The quantitative estimate of drug-likeness (QED) is 0.354.